The van der Waals surface area contributed by atoms with Crippen LogP contribution in [-0.2, 0) is 4.74 Å². The molecule has 0 heterocycles. The van der Waals surface area contributed by atoms with E-state index in [1.165, 1.54) is 57.8 Å². The molecule has 2 aliphatic carbocycles. The molecule has 1 unspecified atom stereocenters. The van der Waals surface area contributed by atoms with Gasteiger partial charge in [0.1, 0.15) is 0 Å². The van der Waals surface area contributed by atoms with Gasteiger partial charge in [-0.1, -0.05) is 32.1 Å². The average molecular weight is 340 g/mol. The summed E-state index contributed by atoms with van der Waals surface area (Å²) in [4.78, 5) is 4.48. The lowest BCUT2D eigenvalue weighted by molar-refractivity contribution is 0.0368. The van der Waals surface area contributed by atoms with Crippen molar-refractivity contribution in [1.82, 2.24) is 10.6 Å². The van der Waals surface area contributed by atoms with Crippen LogP contribution in [0.15, 0.2) is 4.99 Å². The van der Waals surface area contributed by atoms with Crippen LogP contribution in [0.1, 0.15) is 64.7 Å². The van der Waals surface area contributed by atoms with Crippen LogP contribution in [0.4, 0.5) is 0 Å². The number of guanidine groups is 1. The molecule has 140 valence electrons. The van der Waals surface area contributed by atoms with E-state index in [9.17, 15) is 5.11 Å². The van der Waals surface area contributed by atoms with E-state index >= 15 is 0 Å². The van der Waals surface area contributed by atoms with E-state index in [2.05, 4.69) is 22.5 Å². The van der Waals surface area contributed by atoms with Crippen LogP contribution in [0.5, 0.6) is 0 Å². The number of aliphatic hydroxyl groups is 1. The molecule has 3 N–H and O–H groups in total. The van der Waals surface area contributed by atoms with Crippen LogP contribution < -0.4 is 10.6 Å². The fourth-order valence-electron chi connectivity index (χ4n) is 3.32. The van der Waals surface area contributed by atoms with Crippen molar-refractivity contribution in [1.29, 1.82) is 0 Å². The molecule has 1 atom stereocenters. The van der Waals surface area contributed by atoms with E-state index in [1.54, 1.807) is 0 Å². The van der Waals surface area contributed by atoms with Gasteiger partial charge in [0.05, 0.1) is 19.3 Å². The van der Waals surface area contributed by atoms with Crippen molar-refractivity contribution < 1.29 is 9.84 Å². The Morgan fingerprint density at radius 2 is 1.92 bits per heavy atom. The van der Waals surface area contributed by atoms with Crippen molar-refractivity contribution in [2.75, 3.05) is 32.8 Å². The minimum absolute atomic E-state index is 0.390. The molecule has 0 aromatic carbocycles. The SMILES string of the molecule is CCNC(=NCC(O)COCC1CC1)NCCCC1CCCCC1. The first-order valence-electron chi connectivity index (χ1n) is 10.1. The van der Waals surface area contributed by atoms with Gasteiger partial charge < -0.3 is 20.5 Å². The molecular formula is C19H37N3O2. The highest BCUT2D eigenvalue weighted by atomic mass is 16.5. The van der Waals surface area contributed by atoms with E-state index in [0.29, 0.717) is 13.2 Å². The maximum Gasteiger partial charge on any atom is 0.191 e. The Balaban J connectivity index is 1.56. The summed E-state index contributed by atoms with van der Waals surface area (Å²) >= 11 is 0. The monoisotopic (exact) mass is 339 g/mol. The summed E-state index contributed by atoms with van der Waals surface area (Å²) in [6.45, 7) is 5.43. The van der Waals surface area contributed by atoms with Gasteiger partial charge in [0, 0.05) is 19.7 Å². The van der Waals surface area contributed by atoms with E-state index in [1.807, 2.05) is 0 Å². The molecule has 0 amide bonds. The Hall–Kier alpha value is -0.810. The molecule has 0 aromatic heterocycles. The van der Waals surface area contributed by atoms with Gasteiger partial charge in [-0.15, -0.1) is 0 Å². The molecule has 5 heteroatoms. The van der Waals surface area contributed by atoms with Gasteiger partial charge in [-0.3, -0.25) is 4.99 Å². The zero-order chi connectivity index (χ0) is 17.0. The molecule has 24 heavy (non-hydrogen) atoms. The molecule has 2 rings (SSSR count). The van der Waals surface area contributed by atoms with Gasteiger partial charge in [0.25, 0.3) is 0 Å². The van der Waals surface area contributed by atoms with Gasteiger partial charge in [-0.05, 0) is 44.4 Å². The van der Waals surface area contributed by atoms with E-state index in [4.69, 9.17) is 4.74 Å². The highest BCUT2D eigenvalue weighted by Gasteiger charge is 2.21. The molecule has 0 saturated heterocycles. The maximum atomic E-state index is 9.95. The number of aliphatic hydroxyl groups excluding tert-OH is 1. The number of ether oxygens (including phenoxy) is 1. The van der Waals surface area contributed by atoms with Gasteiger partial charge in [-0.2, -0.15) is 0 Å². The first-order chi connectivity index (χ1) is 11.8. The van der Waals surface area contributed by atoms with Gasteiger partial charge in [0.15, 0.2) is 5.96 Å². The minimum atomic E-state index is -0.513. The zero-order valence-corrected chi connectivity index (χ0v) is 15.4. The van der Waals surface area contributed by atoms with Gasteiger partial charge in [0.2, 0.25) is 0 Å². The molecule has 5 nitrogen and oxygen atoms in total. The number of hydrogen-bond acceptors (Lipinski definition) is 3. The Morgan fingerprint density at radius 3 is 2.62 bits per heavy atom. The fraction of sp³-hybridized carbons (Fsp3) is 0.947. The Labute approximate surface area is 147 Å². The van der Waals surface area contributed by atoms with E-state index < -0.39 is 6.10 Å². The lowest BCUT2D eigenvalue weighted by Gasteiger charge is -2.21. The number of aliphatic imine (C=N–C) groups is 1. The number of hydrogen-bond donors (Lipinski definition) is 3. The third-order valence-electron chi connectivity index (χ3n) is 4.97. The summed E-state index contributed by atoms with van der Waals surface area (Å²) in [6.07, 6.45) is 11.7. The summed E-state index contributed by atoms with van der Waals surface area (Å²) in [5.74, 6) is 2.48. The second kappa shape index (κ2) is 11.7. The van der Waals surface area contributed by atoms with E-state index in [0.717, 1.165) is 37.5 Å². The van der Waals surface area contributed by atoms with Crippen molar-refractivity contribution in [3.63, 3.8) is 0 Å². The van der Waals surface area contributed by atoms with E-state index in [-0.39, 0.29) is 0 Å². The summed E-state index contributed by atoms with van der Waals surface area (Å²) in [5, 5.41) is 16.6. The maximum absolute atomic E-state index is 9.95. The molecule has 0 aromatic rings. The lowest BCUT2D eigenvalue weighted by Crippen LogP contribution is -2.38. The second-order valence-electron chi connectivity index (χ2n) is 7.43. The van der Waals surface area contributed by atoms with Crippen LogP contribution in [-0.4, -0.2) is 50.0 Å². The van der Waals surface area contributed by atoms with Crippen LogP contribution in [0.2, 0.25) is 0 Å². The number of rotatable bonds is 11. The predicted octanol–water partition coefficient (Wildman–Crippen LogP) is 2.69. The lowest BCUT2D eigenvalue weighted by atomic mass is 9.86. The fourth-order valence-corrected chi connectivity index (χ4v) is 3.32. The van der Waals surface area contributed by atoms with Crippen LogP contribution >= 0.6 is 0 Å². The van der Waals surface area contributed by atoms with Crippen LogP contribution in [0, 0.1) is 11.8 Å². The van der Waals surface area contributed by atoms with Crippen molar-refractivity contribution in [3.8, 4) is 0 Å². The molecular weight excluding hydrogens is 302 g/mol. The minimum Gasteiger partial charge on any atom is -0.389 e. The smallest absolute Gasteiger partial charge is 0.191 e. The molecule has 0 radical (unpaired) electrons. The van der Waals surface area contributed by atoms with Crippen molar-refractivity contribution in [2.45, 2.75) is 70.8 Å². The Kier molecular flexibility index (Phi) is 9.51. The summed E-state index contributed by atoms with van der Waals surface area (Å²) in [5.41, 5.74) is 0. The third kappa shape index (κ3) is 8.88. The molecule has 2 fully saturated rings. The Bertz CT molecular complexity index is 353. The van der Waals surface area contributed by atoms with Crippen LogP contribution in [0.3, 0.4) is 0 Å². The number of nitrogens with zero attached hydrogens (tertiary/aromatic N) is 1. The van der Waals surface area contributed by atoms with Crippen molar-refractivity contribution in [3.05, 3.63) is 0 Å². The average Bonchev–Trinajstić information content (AvgIpc) is 3.41. The molecule has 2 saturated carbocycles. The molecule has 0 spiro atoms. The number of nitrogens with one attached hydrogen (secondary N) is 2. The molecule has 0 bridgehead atoms. The zero-order valence-electron chi connectivity index (χ0n) is 15.4. The second-order valence-corrected chi connectivity index (χ2v) is 7.43. The predicted molar refractivity (Wildman–Crippen MR) is 99.3 cm³/mol. The normalized spacial score (nSPS) is 20.8. The standard InChI is InChI=1S/C19H37N3O2/c1-2-20-19(21-12-6-9-16-7-4-3-5-8-16)22-13-18(23)15-24-14-17-10-11-17/h16-18,23H,2-15H2,1H3,(H2,20,21,22). The van der Waals surface area contributed by atoms with Gasteiger partial charge in [-0.25, -0.2) is 0 Å². The quantitative estimate of drug-likeness (QED) is 0.308. The highest BCUT2D eigenvalue weighted by Crippen LogP contribution is 2.28. The topological polar surface area (TPSA) is 65.9 Å². The van der Waals surface area contributed by atoms with Crippen molar-refractivity contribution >= 4 is 5.96 Å². The molecule has 0 aliphatic heterocycles. The summed E-state index contributed by atoms with van der Waals surface area (Å²) in [7, 11) is 0. The van der Waals surface area contributed by atoms with Gasteiger partial charge >= 0.3 is 0 Å². The summed E-state index contributed by atoms with van der Waals surface area (Å²) in [6, 6.07) is 0. The first kappa shape index (κ1) is 19.5. The van der Waals surface area contributed by atoms with Crippen molar-refractivity contribution in [2.24, 2.45) is 16.8 Å². The highest BCUT2D eigenvalue weighted by molar-refractivity contribution is 5.79. The third-order valence-corrected chi connectivity index (χ3v) is 4.97. The molecule has 2 aliphatic rings. The van der Waals surface area contributed by atoms with Crippen LogP contribution in [0.25, 0.3) is 0 Å². The first-order valence-corrected chi connectivity index (χ1v) is 10.1. The largest absolute Gasteiger partial charge is 0.389 e. The summed E-state index contributed by atoms with van der Waals surface area (Å²) < 4.78 is 5.52. The Morgan fingerprint density at radius 1 is 1.12 bits per heavy atom.